The van der Waals surface area contributed by atoms with E-state index in [0.29, 0.717) is 36.2 Å². The van der Waals surface area contributed by atoms with Crippen molar-refractivity contribution in [1.82, 2.24) is 10.0 Å². The summed E-state index contributed by atoms with van der Waals surface area (Å²) in [5.41, 5.74) is 1.48. The summed E-state index contributed by atoms with van der Waals surface area (Å²) in [6.07, 6.45) is 0.665. The Kier molecular flexibility index (Phi) is 4.54. The Labute approximate surface area is 144 Å². The van der Waals surface area contributed by atoms with Crippen LogP contribution in [0.4, 0.5) is 5.69 Å². The van der Waals surface area contributed by atoms with E-state index >= 15 is 0 Å². The first-order valence-corrected chi connectivity index (χ1v) is 8.15. The lowest BCUT2D eigenvalue weighted by atomic mass is 9.99. The van der Waals surface area contributed by atoms with Crippen molar-refractivity contribution in [1.29, 1.82) is 0 Å². The Morgan fingerprint density at radius 1 is 1.40 bits per heavy atom. The fourth-order valence-electron chi connectivity index (χ4n) is 3.41. The number of carbonyl (C=O) groups excluding carboxylic acids is 2. The third kappa shape index (κ3) is 2.89. The molecule has 0 radical (unpaired) electrons. The van der Waals surface area contributed by atoms with Crippen molar-refractivity contribution in [3.63, 3.8) is 0 Å². The Hall–Kier alpha value is -2.74. The van der Waals surface area contributed by atoms with Gasteiger partial charge < -0.3 is 4.74 Å². The summed E-state index contributed by atoms with van der Waals surface area (Å²) in [5, 5.41) is 14.7. The maximum Gasteiger partial charge on any atom is 0.335 e. The summed E-state index contributed by atoms with van der Waals surface area (Å²) in [6.45, 7) is 4.05. The number of nitro groups is 1. The highest BCUT2D eigenvalue weighted by Gasteiger charge is 2.46. The highest BCUT2D eigenvalue weighted by Crippen LogP contribution is 2.45. The zero-order chi connectivity index (χ0) is 18.1. The topological polar surface area (TPSA) is 93.0 Å². The second-order valence-electron chi connectivity index (χ2n) is 5.95. The van der Waals surface area contributed by atoms with Gasteiger partial charge in [-0.1, -0.05) is 18.2 Å². The molecule has 0 aliphatic carbocycles. The molecule has 0 N–H and O–H groups in total. The van der Waals surface area contributed by atoms with Crippen LogP contribution in [0.15, 0.2) is 35.5 Å². The molecule has 2 fully saturated rings. The number of amides is 1. The lowest BCUT2D eigenvalue weighted by Gasteiger charge is -2.25. The molecule has 0 spiro atoms. The molecule has 1 aromatic rings. The maximum absolute atomic E-state index is 12.3. The van der Waals surface area contributed by atoms with Gasteiger partial charge in [-0.25, -0.2) is 14.8 Å². The van der Waals surface area contributed by atoms with Gasteiger partial charge in [0.15, 0.2) is 0 Å². The molecule has 25 heavy (non-hydrogen) atoms. The number of hydrogen-bond donors (Lipinski definition) is 0. The van der Waals surface area contributed by atoms with E-state index in [4.69, 9.17) is 4.74 Å². The second-order valence-corrected chi connectivity index (χ2v) is 5.95. The Morgan fingerprint density at radius 2 is 2.12 bits per heavy atom. The quantitative estimate of drug-likeness (QED) is 0.360. The van der Waals surface area contributed by atoms with E-state index in [2.05, 4.69) is 0 Å². The molecule has 0 bridgehead atoms. The molecule has 2 aliphatic heterocycles. The van der Waals surface area contributed by atoms with Gasteiger partial charge in [-0.2, -0.15) is 0 Å². The molecular weight excluding hydrogens is 326 g/mol. The van der Waals surface area contributed by atoms with Crippen LogP contribution < -0.4 is 0 Å². The fourth-order valence-corrected chi connectivity index (χ4v) is 3.41. The average Bonchev–Trinajstić information content (AvgIpc) is 3.15. The highest BCUT2D eigenvalue weighted by molar-refractivity contribution is 5.90. The minimum absolute atomic E-state index is 0.0156. The van der Waals surface area contributed by atoms with E-state index in [9.17, 15) is 19.7 Å². The van der Waals surface area contributed by atoms with Crippen molar-refractivity contribution in [3.8, 4) is 0 Å². The molecule has 1 aromatic carbocycles. The molecular formula is C17H19N3O5. The van der Waals surface area contributed by atoms with Crippen LogP contribution in [0.5, 0.6) is 0 Å². The van der Waals surface area contributed by atoms with Crippen LogP contribution in [-0.2, 0) is 14.3 Å². The Bertz CT molecular complexity index is 773. The first kappa shape index (κ1) is 17.1. The summed E-state index contributed by atoms with van der Waals surface area (Å²) >= 11 is 0. The number of nitro benzene ring substituents is 1. The molecule has 0 aromatic heterocycles. The zero-order valence-electron chi connectivity index (χ0n) is 14.1. The van der Waals surface area contributed by atoms with Crippen molar-refractivity contribution in [2.75, 3.05) is 13.2 Å². The van der Waals surface area contributed by atoms with Crippen LogP contribution >= 0.6 is 0 Å². The maximum atomic E-state index is 12.3. The van der Waals surface area contributed by atoms with Crippen molar-refractivity contribution in [3.05, 3.63) is 51.2 Å². The largest absolute Gasteiger partial charge is 0.463 e. The third-order valence-corrected chi connectivity index (χ3v) is 4.56. The number of hydrazine groups is 1. The number of fused-ring (bicyclic) bond motifs is 1. The summed E-state index contributed by atoms with van der Waals surface area (Å²) < 4.78 is 5.04. The molecule has 1 amide bonds. The van der Waals surface area contributed by atoms with Crippen LogP contribution in [0.3, 0.4) is 0 Å². The van der Waals surface area contributed by atoms with Crippen LogP contribution in [0.25, 0.3) is 0 Å². The molecule has 8 heteroatoms. The van der Waals surface area contributed by atoms with Gasteiger partial charge in [-0.15, -0.1) is 0 Å². The summed E-state index contributed by atoms with van der Waals surface area (Å²) in [4.78, 5) is 35.4. The van der Waals surface area contributed by atoms with E-state index in [0.717, 1.165) is 0 Å². The molecule has 132 valence electrons. The average molecular weight is 345 g/mol. The fraction of sp³-hybridized carbons (Fsp3) is 0.412. The number of esters is 1. The van der Waals surface area contributed by atoms with Crippen molar-refractivity contribution < 1.29 is 19.2 Å². The highest BCUT2D eigenvalue weighted by atomic mass is 16.6. The number of ether oxygens (including phenoxy) is 1. The van der Waals surface area contributed by atoms with E-state index in [1.165, 1.54) is 11.1 Å². The molecule has 2 saturated heterocycles. The zero-order valence-corrected chi connectivity index (χ0v) is 14.1. The molecule has 2 heterocycles. The molecule has 1 atom stereocenters. The Morgan fingerprint density at radius 3 is 2.80 bits per heavy atom. The predicted molar refractivity (Wildman–Crippen MR) is 88.0 cm³/mol. The number of hydrogen-bond acceptors (Lipinski definition) is 6. The van der Waals surface area contributed by atoms with Gasteiger partial charge in [0.1, 0.15) is 0 Å². The monoisotopic (exact) mass is 345 g/mol. The summed E-state index contributed by atoms with van der Waals surface area (Å²) in [6, 6.07) is 6.16. The molecule has 2 aliphatic rings. The molecule has 3 rings (SSSR count). The molecule has 1 unspecified atom stereocenters. The first-order valence-electron chi connectivity index (χ1n) is 8.15. The third-order valence-electron chi connectivity index (χ3n) is 4.56. The minimum atomic E-state index is -0.472. The van der Waals surface area contributed by atoms with Gasteiger partial charge >= 0.3 is 5.97 Å². The van der Waals surface area contributed by atoms with Gasteiger partial charge in [0.05, 0.1) is 28.8 Å². The van der Waals surface area contributed by atoms with Crippen molar-refractivity contribution in [2.45, 2.75) is 32.7 Å². The number of carbonyl (C=O) groups is 2. The molecule has 8 nitrogen and oxygen atoms in total. The van der Waals surface area contributed by atoms with Crippen molar-refractivity contribution in [2.24, 2.45) is 0 Å². The number of para-hydroxylation sites is 1. The van der Waals surface area contributed by atoms with Crippen LogP contribution in [0, 0.1) is 10.1 Å². The van der Waals surface area contributed by atoms with E-state index in [1.807, 2.05) is 5.01 Å². The lowest BCUT2D eigenvalue weighted by molar-refractivity contribution is -0.386. The normalized spacial score (nSPS) is 22.1. The summed E-state index contributed by atoms with van der Waals surface area (Å²) in [5.74, 6) is -0.583. The van der Waals surface area contributed by atoms with E-state index in [-0.39, 0.29) is 24.2 Å². The first-order chi connectivity index (χ1) is 12.0. The number of rotatable bonds is 4. The van der Waals surface area contributed by atoms with E-state index in [1.54, 1.807) is 32.0 Å². The van der Waals surface area contributed by atoms with Crippen molar-refractivity contribution >= 4 is 17.6 Å². The Balaban J connectivity index is 2.05. The van der Waals surface area contributed by atoms with Crippen LogP contribution in [0.1, 0.15) is 38.3 Å². The van der Waals surface area contributed by atoms with Gasteiger partial charge in [0.2, 0.25) is 5.91 Å². The predicted octanol–water partition coefficient (Wildman–Crippen LogP) is 2.33. The van der Waals surface area contributed by atoms with Crippen LogP contribution in [-0.4, -0.2) is 40.0 Å². The smallest absolute Gasteiger partial charge is 0.335 e. The molecule has 0 saturated carbocycles. The van der Waals surface area contributed by atoms with Gasteiger partial charge in [0.25, 0.3) is 5.69 Å². The van der Waals surface area contributed by atoms with Crippen LogP contribution in [0.2, 0.25) is 0 Å². The lowest BCUT2D eigenvalue weighted by Crippen LogP contribution is -2.33. The minimum Gasteiger partial charge on any atom is -0.463 e. The van der Waals surface area contributed by atoms with Gasteiger partial charge in [-0.05, 0) is 13.8 Å². The SMILES string of the molecule is CCOC(=O)/C(C)=C1/CC(c2ccccc2[N+](=O)[O-])N2CCC(=O)N12. The number of nitrogens with zero attached hydrogens (tertiary/aromatic N) is 3. The van der Waals surface area contributed by atoms with Gasteiger partial charge in [-0.3, -0.25) is 14.9 Å². The standard InChI is InChI=1S/C17H19N3O5/c1-3-25-17(22)11(2)14-10-15(18-9-8-16(21)19(14)18)12-6-4-5-7-13(12)20(23)24/h4-7,15H,3,8-10H2,1-2H3/b14-11-. The van der Waals surface area contributed by atoms with E-state index < -0.39 is 10.9 Å². The number of benzene rings is 1. The van der Waals surface area contributed by atoms with Gasteiger partial charge in [0, 0.05) is 31.0 Å². The second kappa shape index (κ2) is 6.64. The summed E-state index contributed by atoms with van der Waals surface area (Å²) in [7, 11) is 0.